The Hall–Kier alpha value is -2.07. The van der Waals surface area contributed by atoms with Crippen LogP contribution in [0.15, 0.2) is 35.3 Å². The van der Waals surface area contributed by atoms with Crippen LogP contribution in [0.25, 0.3) is 5.69 Å². The van der Waals surface area contributed by atoms with Crippen molar-refractivity contribution >= 4 is 17.6 Å². The zero-order chi connectivity index (χ0) is 14.2. The second-order valence-corrected chi connectivity index (χ2v) is 4.71. The number of rotatable bonds is 2. The number of hydrogen-bond donors (Lipinski definition) is 1. The number of nitrogens with zero attached hydrogens (tertiary/aromatic N) is 1. The van der Waals surface area contributed by atoms with E-state index in [-0.39, 0.29) is 5.56 Å². The second kappa shape index (κ2) is 4.90. The van der Waals surface area contributed by atoms with E-state index < -0.39 is 11.5 Å². The normalized spacial score (nSPS) is 10.5. The third-order valence-corrected chi connectivity index (χ3v) is 3.26. The summed E-state index contributed by atoms with van der Waals surface area (Å²) < 4.78 is 1.30. The maximum atomic E-state index is 12.2. The Bertz CT molecular complexity index is 719. The molecule has 0 aliphatic carbocycles. The maximum absolute atomic E-state index is 12.2. The number of aromatic nitrogens is 1. The minimum Gasteiger partial charge on any atom is -0.477 e. The number of carbonyl (C=O) groups is 1. The van der Waals surface area contributed by atoms with E-state index in [1.807, 2.05) is 0 Å². The van der Waals surface area contributed by atoms with E-state index in [1.165, 1.54) is 4.57 Å². The van der Waals surface area contributed by atoms with Gasteiger partial charge in [-0.25, -0.2) is 4.79 Å². The second-order valence-electron chi connectivity index (χ2n) is 4.27. The van der Waals surface area contributed by atoms with E-state index in [0.717, 1.165) is 5.56 Å². The lowest BCUT2D eigenvalue weighted by Crippen LogP contribution is -2.27. The monoisotopic (exact) mass is 277 g/mol. The number of carboxylic acids is 1. The van der Waals surface area contributed by atoms with Gasteiger partial charge >= 0.3 is 5.97 Å². The molecule has 0 unspecified atom stereocenters. The van der Waals surface area contributed by atoms with Crippen molar-refractivity contribution in [2.45, 2.75) is 13.8 Å². The highest BCUT2D eigenvalue weighted by Gasteiger charge is 2.17. The van der Waals surface area contributed by atoms with Crippen molar-refractivity contribution in [3.63, 3.8) is 0 Å². The predicted octanol–water partition coefficient (Wildman–Crippen LogP) is 2.81. The molecule has 2 rings (SSSR count). The molecule has 0 amide bonds. The van der Waals surface area contributed by atoms with Crippen LogP contribution in [0.4, 0.5) is 0 Å². The van der Waals surface area contributed by atoms with E-state index in [9.17, 15) is 9.59 Å². The summed E-state index contributed by atoms with van der Waals surface area (Å²) in [6.45, 7) is 3.39. The Labute approximate surface area is 114 Å². The van der Waals surface area contributed by atoms with Crippen molar-refractivity contribution in [2.24, 2.45) is 0 Å². The summed E-state index contributed by atoms with van der Waals surface area (Å²) in [4.78, 5) is 23.4. The molecular formula is C14H12ClNO3. The van der Waals surface area contributed by atoms with Crippen LogP contribution in [0, 0.1) is 13.8 Å². The van der Waals surface area contributed by atoms with Crippen LogP contribution in [-0.4, -0.2) is 15.6 Å². The van der Waals surface area contributed by atoms with Crippen LogP contribution in [0.1, 0.15) is 21.5 Å². The molecule has 0 aliphatic rings. The van der Waals surface area contributed by atoms with E-state index in [0.29, 0.717) is 16.3 Å². The van der Waals surface area contributed by atoms with E-state index in [1.54, 1.807) is 44.3 Å². The van der Waals surface area contributed by atoms with Gasteiger partial charge in [0.1, 0.15) is 5.56 Å². The fraction of sp³-hybridized carbons (Fsp3) is 0.143. The van der Waals surface area contributed by atoms with E-state index in [2.05, 4.69) is 0 Å². The molecule has 0 radical (unpaired) electrons. The van der Waals surface area contributed by atoms with Crippen molar-refractivity contribution < 1.29 is 9.90 Å². The molecule has 4 nitrogen and oxygen atoms in total. The highest BCUT2D eigenvalue weighted by molar-refractivity contribution is 6.30. The minimum atomic E-state index is -1.22. The van der Waals surface area contributed by atoms with Crippen molar-refractivity contribution in [3.05, 3.63) is 62.5 Å². The molecule has 1 heterocycles. The van der Waals surface area contributed by atoms with Gasteiger partial charge in [-0.05, 0) is 43.2 Å². The fourth-order valence-electron chi connectivity index (χ4n) is 1.90. The van der Waals surface area contributed by atoms with Crippen molar-refractivity contribution in [3.8, 4) is 5.69 Å². The third-order valence-electron chi connectivity index (χ3n) is 3.02. The first-order chi connectivity index (χ1) is 8.91. The average molecular weight is 278 g/mol. The standard InChI is InChI=1S/C14H12ClNO3/c1-8-7-16(11-5-3-4-10(15)6-11)13(17)12(9(8)2)14(18)19/h3-7H,1-2H3,(H,18,19). The summed E-state index contributed by atoms with van der Waals surface area (Å²) in [5.74, 6) is -1.22. The van der Waals surface area contributed by atoms with Crippen LogP contribution in [-0.2, 0) is 0 Å². The number of carboxylic acid groups (broad SMARTS) is 1. The van der Waals surface area contributed by atoms with Gasteiger partial charge in [-0.2, -0.15) is 0 Å². The summed E-state index contributed by atoms with van der Waals surface area (Å²) >= 11 is 5.89. The molecule has 0 spiro atoms. The number of hydrogen-bond acceptors (Lipinski definition) is 2. The van der Waals surface area contributed by atoms with Gasteiger partial charge in [-0.3, -0.25) is 9.36 Å². The molecule has 0 saturated heterocycles. The molecule has 19 heavy (non-hydrogen) atoms. The first-order valence-electron chi connectivity index (χ1n) is 5.64. The van der Waals surface area contributed by atoms with Crippen molar-refractivity contribution in [1.29, 1.82) is 0 Å². The third kappa shape index (κ3) is 2.39. The lowest BCUT2D eigenvalue weighted by atomic mass is 10.1. The summed E-state index contributed by atoms with van der Waals surface area (Å²) in [7, 11) is 0. The Balaban J connectivity index is 2.79. The van der Waals surface area contributed by atoms with Crippen LogP contribution in [0.2, 0.25) is 5.02 Å². The van der Waals surface area contributed by atoms with Gasteiger partial charge in [0.15, 0.2) is 0 Å². The van der Waals surface area contributed by atoms with Crippen LogP contribution >= 0.6 is 11.6 Å². The van der Waals surface area contributed by atoms with Crippen LogP contribution < -0.4 is 5.56 Å². The largest absolute Gasteiger partial charge is 0.477 e. The van der Waals surface area contributed by atoms with E-state index >= 15 is 0 Å². The SMILES string of the molecule is Cc1cn(-c2cccc(Cl)c2)c(=O)c(C(=O)O)c1C. The van der Waals surface area contributed by atoms with Gasteiger partial charge in [-0.15, -0.1) is 0 Å². The molecule has 5 heteroatoms. The maximum Gasteiger partial charge on any atom is 0.341 e. The molecular weight excluding hydrogens is 266 g/mol. The van der Waals surface area contributed by atoms with Crippen LogP contribution in [0.5, 0.6) is 0 Å². The molecule has 1 aromatic heterocycles. The topological polar surface area (TPSA) is 59.3 Å². The van der Waals surface area contributed by atoms with Crippen molar-refractivity contribution in [1.82, 2.24) is 4.57 Å². The van der Waals surface area contributed by atoms with Gasteiger partial charge in [0.05, 0.1) is 5.69 Å². The Morgan fingerprint density at radius 2 is 2.00 bits per heavy atom. The molecule has 0 saturated carbocycles. The molecule has 2 aromatic rings. The predicted molar refractivity (Wildman–Crippen MR) is 73.5 cm³/mol. The highest BCUT2D eigenvalue weighted by atomic mass is 35.5. The van der Waals surface area contributed by atoms with Gasteiger partial charge in [0.25, 0.3) is 5.56 Å². The fourth-order valence-corrected chi connectivity index (χ4v) is 2.08. The Morgan fingerprint density at radius 3 is 2.58 bits per heavy atom. The molecule has 1 aromatic carbocycles. The van der Waals surface area contributed by atoms with E-state index in [4.69, 9.17) is 16.7 Å². The Kier molecular flexibility index (Phi) is 3.44. The molecule has 0 aliphatic heterocycles. The van der Waals surface area contributed by atoms with Crippen molar-refractivity contribution in [2.75, 3.05) is 0 Å². The number of aryl methyl sites for hydroxylation is 1. The average Bonchev–Trinajstić information content (AvgIpc) is 2.33. The lowest BCUT2D eigenvalue weighted by Gasteiger charge is -2.11. The molecule has 1 N–H and O–H groups in total. The number of halogens is 1. The number of benzene rings is 1. The Morgan fingerprint density at radius 1 is 1.32 bits per heavy atom. The smallest absolute Gasteiger partial charge is 0.341 e. The zero-order valence-electron chi connectivity index (χ0n) is 10.5. The van der Waals surface area contributed by atoms with Gasteiger partial charge in [0.2, 0.25) is 0 Å². The van der Waals surface area contributed by atoms with Gasteiger partial charge < -0.3 is 5.11 Å². The van der Waals surface area contributed by atoms with Crippen LogP contribution in [0.3, 0.4) is 0 Å². The van der Waals surface area contributed by atoms with Gasteiger partial charge in [-0.1, -0.05) is 17.7 Å². The molecule has 0 atom stereocenters. The number of pyridine rings is 1. The first-order valence-corrected chi connectivity index (χ1v) is 6.01. The zero-order valence-corrected chi connectivity index (χ0v) is 11.2. The lowest BCUT2D eigenvalue weighted by molar-refractivity contribution is 0.0693. The summed E-state index contributed by atoms with van der Waals surface area (Å²) in [6.07, 6.45) is 1.62. The summed E-state index contributed by atoms with van der Waals surface area (Å²) in [5, 5.41) is 9.64. The summed E-state index contributed by atoms with van der Waals surface area (Å²) in [6, 6.07) is 6.71. The quantitative estimate of drug-likeness (QED) is 0.918. The number of aromatic carboxylic acids is 1. The first kappa shape index (κ1) is 13.4. The minimum absolute atomic E-state index is 0.208. The highest BCUT2D eigenvalue weighted by Crippen LogP contribution is 2.16. The molecule has 98 valence electrons. The summed E-state index contributed by atoms with van der Waals surface area (Å²) in [5.41, 5.74) is 0.994. The molecule has 0 bridgehead atoms. The molecule has 0 fully saturated rings. The van der Waals surface area contributed by atoms with Gasteiger partial charge in [0, 0.05) is 11.2 Å².